The second kappa shape index (κ2) is 7.65. The Kier molecular flexibility index (Phi) is 6.52. The van der Waals surface area contributed by atoms with Crippen LogP contribution >= 0.6 is 0 Å². The Balaban J connectivity index is 2.47. The summed E-state index contributed by atoms with van der Waals surface area (Å²) in [6, 6.07) is 7.66. The van der Waals surface area contributed by atoms with Crippen LogP contribution in [-0.4, -0.2) is 26.8 Å². The first kappa shape index (κ1) is 16.2. The number of rotatable bonds is 8. The van der Waals surface area contributed by atoms with Crippen LogP contribution < -0.4 is 5.32 Å². The van der Waals surface area contributed by atoms with E-state index in [1.807, 2.05) is 19.1 Å². The van der Waals surface area contributed by atoms with Crippen molar-refractivity contribution in [3.63, 3.8) is 0 Å². The van der Waals surface area contributed by atoms with Gasteiger partial charge >= 0.3 is 0 Å². The molecule has 0 amide bonds. The molecule has 0 aliphatic heterocycles. The maximum absolute atomic E-state index is 12.2. The molecule has 0 radical (unpaired) electrons. The second-order valence-corrected chi connectivity index (χ2v) is 7.12. The van der Waals surface area contributed by atoms with Crippen LogP contribution in [0.25, 0.3) is 0 Å². The minimum absolute atomic E-state index is 0.247. The van der Waals surface area contributed by atoms with Crippen molar-refractivity contribution in [2.45, 2.75) is 51.0 Å². The first-order chi connectivity index (χ1) is 8.97. The number of hydrogen-bond acceptors (Lipinski definition) is 3. The van der Waals surface area contributed by atoms with E-state index in [0.717, 1.165) is 31.4 Å². The van der Waals surface area contributed by atoms with Gasteiger partial charge in [0.15, 0.2) is 9.84 Å². The normalized spacial score (nSPS) is 13.4. The molecule has 4 heteroatoms. The largest absolute Gasteiger partial charge is 0.315 e. The van der Waals surface area contributed by atoms with Gasteiger partial charge in [0.2, 0.25) is 0 Å². The van der Waals surface area contributed by atoms with Crippen molar-refractivity contribution in [1.82, 2.24) is 5.32 Å². The van der Waals surface area contributed by atoms with Crippen molar-refractivity contribution in [3.8, 4) is 0 Å². The van der Waals surface area contributed by atoms with Gasteiger partial charge in [-0.3, -0.25) is 0 Å². The Bertz CT molecular complexity index is 483. The summed E-state index contributed by atoms with van der Waals surface area (Å²) in [5, 5.41) is 3.33. The van der Waals surface area contributed by atoms with Crippen LogP contribution in [0.15, 0.2) is 29.2 Å². The van der Waals surface area contributed by atoms with E-state index in [1.165, 1.54) is 0 Å². The number of nitrogens with one attached hydrogen (secondary N) is 1. The Morgan fingerprint density at radius 2 is 1.89 bits per heavy atom. The summed E-state index contributed by atoms with van der Waals surface area (Å²) < 4.78 is 24.4. The molecule has 0 aliphatic carbocycles. The molecule has 1 unspecified atom stereocenters. The van der Waals surface area contributed by atoms with Crippen molar-refractivity contribution in [2.75, 3.05) is 12.3 Å². The van der Waals surface area contributed by atoms with Crippen LogP contribution in [0.3, 0.4) is 0 Å². The summed E-state index contributed by atoms with van der Waals surface area (Å²) in [5.41, 5.74) is 0.837. The molecule has 0 fully saturated rings. The number of aryl methyl sites for hydroxylation is 1. The summed E-state index contributed by atoms with van der Waals surface area (Å²) in [6.07, 6.45) is 2.70. The van der Waals surface area contributed by atoms with Gasteiger partial charge in [0.05, 0.1) is 10.6 Å². The Labute approximate surface area is 117 Å². The van der Waals surface area contributed by atoms with Crippen molar-refractivity contribution in [1.29, 1.82) is 0 Å². The predicted molar refractivity (Wildman–Crippen MR) is 80.2 cm³/mol. The van der Waals surface area contributed by atoms with Crippen molar-refractivity contribution >= 4 is 9.84 Å². The zero-order valence-electron chi connectivity index (χ0n) is 12.1. The lowest BCUT2D eigenvalue weighted by atomic mass is 10.1. The minimum Gasteiger partial charge on any atom is -0.315 e. The van der Waals surface area contributed by atoms with E-state index in [9.17, 15) is 8.42 Å². The zero-order valence-corrected chi connectivity index (χ0v) is 13.0. The molecule has 0 aliphatic rings. The van der Waals surface area contributed by atoms with Gasteiger partial charge in [-0.25, -0.2) is 8.42 Å². The molecule has 3 nitrogen and oxygen atoms in total. The third-order valence-corrected chi connectivity index (χ3v) is 5.24. The van der Waals surface area contributed by atoms with E-state index in [2.05, 4.69) is 19.2 Å². The molecule has 1 aromatic carbocycles. The molecule has 0 spiro atoms. The fourth-order valence-corrected chi connectivity index (χ4v) is 3.86. The van der Waals surface area contributed by atoms with Gasteiger partial charge in [-0.1, -0.05) is 31.5 Å². The zero-order chi connectivity index (χ0) is 14.3. The van der Waals surface area contributed by atoms with E-state index >= 15 is 0 Å². The summed E-state index contributed by atoms with van der Waals surface area (Å²) >= 11 is 0. The maximum Gasteiger partial charge on any atom is 0.178 e. The van der Waals surface area contributed by atoms with Gasteiger partial charge < -0.3 is 5.32 Å². The molecule has 0 heterocycles. The molecule has 0 saturated heterocycles. The lowest BCUT2D eigenvalue weighted by Crippen LogP contribution is -2.25. The highest BCUT2D eigenvalue weighted by atomic mass is 32.2. The molecule has 108 valence electrons. The van der Waals surface area contributed by atoms with Crippen LogP contribution in [0.2, 0.25) is 0 Å². The summed E-state index contributed by atoms with van der Waals surface area (Å²) in [4.78, 5) is 0.481. The Hall–Kier alpha value is -0.870. The summed E-state index contributed by atoms with van der Waals surface area (Å²) in [5.74, 6) is 0.247. The molecule has 1 aromatic rings. The Morgan fingerprint density at radius 1 is 1.21 bits per heavy atom. The van der Waals surface area contributed by atoms with Crippen LogP contribution in [0.1, 0.15) is 38.7 Å². The number of unbranched alkanes of at least 4 members (excludes halogenated alkanes) is 1. The lowest BCUT2D eigenvalue weighted by molar-refractivity contribution is 0.507. The highest BCUT2D eigenvalue weighted by Gasteiger charge is 2.15. The van der Waals surface area contributed by atoms with Crippen molar-refractivity contribution in [3.05, 3.63) is 29.8 Å². The topological polar surface area (TPSA) is 46.2 Å². The van der Waals surface area contributed by atoms with Gasteiger partial charge in [0.25, 0.3) is 0 Å². The highest BCUT2D eigenvalue weighted by Crippen LogP contribution is 2.17. The van der Waals surface area contributed by atoms with E-state index < -0.39 is 9.84 Å². The Morgan fingerprint density at radius 3 is 2.53 bits per heavy atom. The molecule has 1 atom stereocenters. The third-order valence-electron chi connectivity index (χ3n) is 3.28. The van der Waals surface area contributed by atoms with Crippen LogP contribution in [0.5, 0.6) is 0 Å². The standard InChI is InChI=1S/C15H25NO2S/c1-4-16-14(3)10-7-8-12-19(17,18)15-11-6-5-9-13(15)2/h5-6,9,11,14,16H,4,7-8,10,12H2,1-3H3. The summed E-state index contributed by atoms with van der Waals surface area (Å²) in [6.45, 7) is 7.03. The van der Waals surface area contributed by atoms with Crippen molar-refractivity contribution in [2.24, 2.45) is 0 Å². The van der Waals surface area contributed by atoms with Crippen LogP contribution in [-0.2, 0) is 9.84 Å². The average molecular weight is 283 g/mol. The van der Waals surface area contributed by atoms with Gasteiger partial charge in [-0.05, 0) is 44.9 Å². The van der Waals surface area contributed by atoms with E-state index in [1.54, 1.807) is 12.1 Å². The van der Waals surface area contributed by atoms with Gasteiger partial charge in [-0.2, -0.15) is 0 Å². The molecule has 19 heavy (non-hydrogen) atoms. The smallest absolute Gasteiger partial charge is 0.178 e. The monoisotopic (exact) mass is 283 g/mol. The number of sulfone groups is 1. The average Bonchev–Trinajstić information content (AvgIpc) is 2.35. The predicted octanol–water partition coefficient (Wildman–Crippen LogP) is 2.94. The third kappa shape index (κ3) is 5.33. The highest BCUT2D eigenvalue weighted by molar-refractivity contribution is 7.91. The first-order valence-corrected chi connectivity index (χ1v) is 8.64. The van der Waals surface area contributed by atoms with E-state index in [4.69, 9.17) is 0 Å². The fraction of sp³-hybridized carbons (Fsp3) is 0.600. The summed E-state index contributed by atoms with van der Waals surface area (Å²) in [7, 11) is -3.12. The SMILES string of the molecule is CCNC(C)CCCCS(=O)(=O)c1ccccc1C. The lowest BCUT2D eigenvalue weighted by Gasteiger charge is -2.12. The minimum atomic E-state index is -3.12. The molecule has 0 bridgehead atoms. The van der Waals surface area contributed by atoms with Crippen LogP contribution in [0.4, 0.5) is 0 Å². The van der Waals surface area contributed by atoms with E-state index in [0.29, 0.717) is 10.9 Å². The molecule has 0 aromatic heterocycles. The quantitative estimate of drug-likeness (QED) is 0.746. The molecule has 0 saturated carbocycles. The van der Waals surface area contributed by atoms with Crippen molar-refractivity contribution < 1.29 is 8.42 Å². The molecule has 1 rings (SSSR count). The first-order valence-electron chi connectivity index (χ1n) is 6.99. The van der Waals surface area contributed by atoms with Gasteiger partial charge in [-0.15, -0.1) is 0 Å². The number of hydrogen-bond donors (Lipinski definition) is 1. The molecule has 1 N–H and O–H groups in total. The number of benzene rings is 1. The molecular formula is C15H25NO2S. The van der Waals surface area contributed by atoms with Crippen LogP contribution in [0, 0.1) is 6.92 Å². The van der Waals surface area contributed by atoms with Gasteiger partial charge in [0.1, 0.15) is 0 Å². The second-order valence-electron chi connectivity index (χ2n) is 5.04. The maximum atomic E-state index is 12.2. The fourth-order valence-electron chi connectivity index (χ4n) is 2.21. The van der Waals surface area contributed by atoms with E-state index in [-0.39, 0.29) is 5.75 Å². The molecular weight excluding hydrogens is 258 g/mol. The van der Waals surface area contributed by atoms with Gasteiger partial charge in [0, 0.05) is 6.04 Å².